The van der Waals surface area contributed by atoms with Gasteiger partial charge in [0.1, 0.15) is 5.82 Å². The molecule has 86 valence electrons. The molecule has 0 aliphatic heterocycles. The lowest BCUT2D eigenvalue weighted by Crippen LogP contribution is -2.26. The Morgan fingerprint density at radius 2 is 1.81 bits per heavy atom. The van der Waals surface area contributed by atoms with Gasteiger partial charge in [-0.25, -0.2) is 4.98 Å². The monoisotopic (exact) mass is 217 g/mol. The number of nitriles is 1. The van der Waals surface area contributed by atoms with Crippen molar-refractivity contribution >= 4 is 5.82 Å². The van der Waals surface area contributed by atoms with E-state index in [1.54, 1.807) is 6.20 Å². The Balaban J connectivity index is 2.89. The summed E-state index contributed by atoms with van der Waals surface area (Å²) in [5, 5.41) is 12.3. The topological polar surface area (TPSA) is 48.7 Å². The van der Waals surface area contributed by atoms with E-state index < -0.39 is 5.41 Å². The number of hydrogen-bond donors (Lipinski definition) is 1. The van der Waals surface area contributed by atoms with Gasteiger partial charge in [0, 0.05) is 11.7 Å². The van der Waals surface area contributed by atoms with E-state index >= 15 is 0 Å². The molecule has 0 aliphatic carbocycles. The van der Waals surface area contributed by atoms with Gasteiger partial charge >= 0.3 is 0 Å². The highest BCUT2D eigenvalue weighted by atomic mass is 15.0. The van der Waals surface area contributed by atoms with Crippen molar-refractivity contribution in [2.75, 3.05) is 5.32 Å². The molecule has 3 heteroatoms. The molecule has 0 spiro atoms. The quantitative estimate of drug-likeness (QED) is 0.828. The molecule has 0 aliphatic rings. The molecule has 0 atom stereocenters. The van der Waals surface area contributed by atoms with Gasteiger partial charge < -0.3 is 5.32 Å². The molecule has 0 saturated heterocycles. The molecular weight excluding hydrogens is 198 g/mol. The standard InChI is InChI=1S/C13H19N3/c1-12(2,3)16-11-7-6-10(8-15-11)13(4,5)9-14/h6-8H,1-5H3,(H,15,16). The van der Waals surface area contributed by atoms with Crippen LogP contribution in [-0.4, -0.2) is 10.5 Å². The normalized spacial score (nSPS) is 12.0. The number of nitrogens with zero attached hydrogens (tertiary/aromatic N) is 2. The molecule has 0 radical (unpaired) electrons. The van der Waals surface area contributed by atoms with Crippen molar-refractivity contribution in [3.05, 3.63) is 23.9 Å². The van der Waals surface area contributed by atoms with E-state index in [1.807, 2.05) is 26.0 Å². The molecule has 0 amide bonds. The summed E-state index contributed by atoms with van der Waals surface area (Å²) in [4.78, 5) is 4.32. The SMILES string of the molecule is CC(C)(C)Nc1ccc(C(C)(C)C#N)cn1. The number of aromatic nitrogens is 1. The van der Waals surface area contributed by atoms with E-state index in [4.69, 9.17) is 5.26 Å². The number of rotatable bonds is 2. The second-order valence-electron chi connectivity index (χ2n) is 5.54. The van der Waals surface area contributed by atoms with Crippen LogP contribution in [0.15, 0.2) is 18.3 Å². The first-order valence-corrected chi connectivity index (χ1v) is 5.40. The van der Waals surface area contributed by atoms with Crippen LogP contribution >= 0.6 is 0 Å². The van der Waals surface area contributed by atoms with Gasteiger partial charge in [0.25, 0.3) is 0 Å². The summed E-state index contributed by atoms with van der Waals surface area (Å²) in [5.41, 5.74) is 0.460. The zero-order valence-corrected chi connectivity index (χ0v) is 10.6. The summed E-state index contributed by atoms with van der Waals surface area (Å²) in [7, 11) is 0. The van der Waals surface area contributed by atoms with E-state index in [1.165, 1.54) is 0 Å². The molecule has 0 fully saturated rings. The minimum atomic E-state index is -0.479. The molecule has 1 rings (SSSR count). The summed E-state index contributed by atoms with van der Waals surface area (Å²) in [6, 6.07) is 6.13. The van der Waals surface area contributed by atoms with Crippen molar-refractivity contribution in [3.8, 4) is 6.07 Å². The van der Waals surface area contributed by atoms with Gasteiger partial charge in [0.2, 0.25) is 0 Å². The van der Waals surface area contributed by atoms with Crippen LogP contribution in [0.1, 0.15) is 40.2 Å². The van der Waals surface area contributed by atoms with Crippen LogP contribution in [0.4, 0.5) is 5.82 Å². The maximum absolute atomic E-state index is 9.01. The first-order chi connectivity index (χ1) is 7.24. The van der Waals surface area contributed by atoms with E-state index in [-0.39, 0.29) is 5.54 Å². The van der Waals surface area contributed by atoms with Crippen LogP contribution in [0.5, 0.6) is 0 Å². The van der Waals surface area contributed by atoms with Crippen LogP contribution < -0.4 is 5.32 Å². The molecule has 0 saturated carbocycles. The van der Waals surface area contributed by atoms with Crippen LogP contribution in [0.3, 0.4) is 0 Å². The number of pyridine rings is 1. The zero-order valence-electron chi connectivity index (χ0n) is 10.6. The summed E-state index contributed by atoms with van der Waals surface area (Å²) < 4.78 is 0. The fraction of sp³-hybridized carbons (Fsp3) is 0.538. The zero-order chi connectivity index (χ0) is 12.4. The van der Waals surface area contributed by atoms with Crippen molar-refractivity contribution in [3.63, 3.8) is 0 Å². The van der Waals surface area contributed by atoms with Gasteiger partial charge in [0.15, 0.2) is 0 Å². The molecule has 1 aromatic heterocycles. The molecule has 1 aromatic rings. The second-order valence-corrected chi connectivity index (χ2v) is 5.54. The predicted octanol–water partition coefficient (Wildman–Crippen LogP) is 3.09. The Morgan fingerprint density at radius 1 is 1.19 bits per heavy atom. The lowest BCUT2D eigenvalue weighted by molar-refractivity contribution is 0.629. The van der Waals surface area contributed by atoms with E-state index in [0.29, 0.717) is 0 Å². The highest BCUT2D eigenvalue weighted by Crippen LogP contribution is 2.22. The molecule has 0 unspecified atom stereocenters. The average Bonchev–Trinajstić information content (AvgIpc) is 2.16. The molecule has 0 bridgehead atoms. The Morgan fingerprint density at radius 3 is 2.19 bits per heavy atom. The maximum atomic E-state index is 9.01. The first-order valence-electron chi connectivity index (χ1n) is 5.40. The summed E-state index contributed by atoms with van der Waals surface area (Å²) in [6.07, 6.45) is 1.76. The van der Waals surface area contributed by atoms with Crippen LogP contribution in [0.25, 0.3) is 0 Å². The number of hydrogen-bond acceptors (Lipinski definition) is 3. The van der Waals surface area contributed by atoms with Gasteiger partial charge in [0.05, 0.1) is 11.5 Å². The fourth-order valence-corrected chi connectivity index (χ4v) is 1.29. The van der Waals surface area contributed by atoms with Gasteiger partial charge in [-0.1, -0.05) is 6.07 Å². The highest BCUT2D eigenvalue weighted by Gasteiger charge is 2.20. The van der Waals surface area contributed by atoms with E-state index in [0.717, 1.165) is 11.4 Å². The highest BCUT2D eigenvalue weighted by molar-refractivity contribution is 5.40. The summed E-state index contributed by atoms with van der Waals surface area (Å²) >= 11 is 0. The maximum Gasteiger partial charge on any atom is 0.126 e. The van der Waals surface area contributed by atoms with Crippen LogP contribution in [0, 0.1) is 11.3 Å². The van der Waals surface area contributed by atoms with Gasteiger partial charge in [-0.3, -0.25) is 0 Å². The molecular formula is C13H19N3. The third-order valence-corrected chi connectivity index (χ3v) is 2.27. The lowest BCUT2D eigenvalue weighted by atomic mass is 9.88. The first kappa shape index (κ1) is 12.5. The van der Waals surface area contributed by atoms with Crippen LogP contribution in [-0.2, 0) is 5.41 Å². The Labute approximate surface area is 97.5 Å². The van der Waals surface area contributed by atoms with Gasteiger partial charge in [-0.15, -0.1) is 0 Å². The second kappa shape index (κ2) is 4.13. The van der Waals surface area contributed by atoms with Crippen LogP contribution in [0.2, 0.25) is 0 Å². The van der Waals surface area contributed by atoms with Crippen molar-refractivity contribution in [1.82, 2.24) is 4.98 Å². The minimum absolute atomic E-state index is 0.000731. The lowest BCUT2D eigenvalue weighted by Gasteiger charge is -2.22. The third-order valence-electron chi connectivity index (χ3n) is 2.27. The molecule has 1 heterocycles. The summed E-state index contributed by atoms with van der Waals surface area (Å²) in [5.74, 6) is 0.838. The van der Waals surface area contributed by atoms with Crippen molar-refractivity contribution < 1.29 is 0 Å². The molecule has 3 nitrogen and oxygen atoms in total. The molecule has 16 heavy (non-hydrogen) atoms. The molecule has 1 N–H and O–H groups in total. The van der Waals surface area contributed by atoms with E-state index in [9.17, 15) is 0 Å². The smallest absolute Gasteiger partial charge is 0.126 e. The Kier molecular flexibility index (Phi) is 3.23. The van der Waals surface area contributed by atoms with Crippen molar-refractivity contribution in [2.45, 2.75) is 45.6 Å². The minimum Gasteiger partial charge on any atom is -0.365 e. The molecule has 0 aromatic carbocycles. The predicted molar refractivity (Wildman–Crippen MR) is 66.3 cm³/mol. The Hall–Kier alpha value is -1.56. The largest absolute Gasteiger partial charge is 0.365 e. The van der Waals surface area contributed by atoms with Gasteiger partial charge in [-0.05, 0) is 46.2 Å². The average molecular weight is 217 g/mol. The van der Waals surface area contributed by atoms with Crippen molar-refractivity contribution in [1.29, 1.82) is 5.26 Å². The third kappa shape index (κ3) is 3.23. The van der Waals surface area contributed by atoms with Gasteiger partial charge in [-0.2, -0.15) is 5.26 Å². The number of anilines is 1. The summed E-state index contributed by atoms with van der Waals surface area (Å²) in [6.45, 7) is 10.0. The fourth-order valence-electron chi connectivity index (χ4n) is 1.29. The van der Waals surface area contributed by atoms with Crippen molar-refractivity contribution in [2.24, 2.45) is 0 Å². The van der Waals surface area contributed by atoms with E-state index in [2.05, 4.69) is 37.1 Å². The number of nitrogens with one attached hydrogen (secondary N) is 1. The Bertz CT molecular complexity index is 391.